The van der Waals surface area contributed by atoms with Crippen molar-refractivity contribution in [2.24, 2.45) is 0 Å². The average molecular weight is 433 g/mol. The summed E-state index contributed by atoms with van der Waals surface area (Å²) in [6, 6.07) is 8.88. The van der Waals surface area contributed by atoms with Gasteiger partial charge in [0.2, 0.25) is 10.0 Å². The van der Waals surface area contributed by atoms with Gasteiger partial charge in [-0.1, -0.05) is 6.42 Å². The highest BCUT2D eigenvalue weighted by atomic mass is 32.2. The summed E-state index contributed by atoms with van der Waals surface area (Å²) >= 11 is 0. The zero-order valence-electron chi connectivity index (χ0n) is 15.2. The second kappa shape index (κ2) is 8.58. The van der Waals surface area contributed by atoms with Crippen LogP contribution in [0.25, 0.3) is 0 Å². The molecule has 2 aromatic carbocycles. The van der Waals surface area contributed by atoms with Gasteiger partial charge in [0.25, 0.3) is 0 Å². The largest absolute Gasteiger partial charge is 0.573 e. The van der Waals surface area contributed by atoms with Gasteiger partial charge in [0.15, 0.2) is 0 Å². The lowest BCUT2D eigenvalue weighted by molar-refractivity contribution is -0.274. The van der Waals surface area contributed by atoms with Crippen molar-refractivity contribution in [3.8, 4) is 11.5 Å². The van der Waals surface area contributed by atoms with Gasteiger partial charge in [0.1, 0.15) is 23.4 Å². The van der Waals surface area contributed by atoms with Crippen molar-refractivity contribution in [1.82, 2.24) is 4.72 Å². The number of hydrogen-bond acceptors (Lipinski definition) is 4. The Labute approximate surface area is 165 Å². The van der Waals surface area contributed by atoms with Gasteiger partial charge in [0.05, 0.1) is 10.9 Å². The van der Waals surface area contributed by atoms with Gasteiger partial charge in [-0.3, -0.25) is 0 Å². The van der Waals surface area contributed by atoms with E-state index in [0.29, 0.717) is 18.6 Å². The van der Waals surface area contributed by atoms with Gasteiger partial charge in [0, 0.05) is 0 Å². The fraction of sp³-hybridized carbons (Fsp3) is 0.368. The standard InChI is InChI=1S/C19H19F4NO4S/c20-13-5-7-14(8-6-13)27-18-4-2-1-3-17(18)24-29(25,26)16-11-9-15(10-12-16)28-19(21,22)23/h5-12,17-18,24H,1-4H2. The van der Waals surface area contributed by atoms with E-state index in [2.05, 4.69) is 9.46 Å². The number of benzene rings is 2. The minimum absolute atomic E-state index is 0.182. The molecule has 3 rings (SSSR count). The van der Waals surface area contributed by atoms with E-state index in [1.807, 2.05) is 0 Å². The summed E-state index contributed by atoms with van der Waals surface area (Å²) in [5.41, 5.74) is 0. The van der Waals surface area contributed by atoms with Crippen molar-refractivity contribution in [3.05, 3.63) is 54.3 Å². The van der Waals surface area contributed by atoms with Gasteiger partial charge in [-0.25, -0.2) is 17.5 Å². The third-order valence-electron chi connectivity index (χ3n) is 4.48. The van der Waals surface area contributed by atoms with Gasteiger partial charge in [-0.2, -0.15) is 0 Å². The first-order valence-corrected chi connectivity index (χ1v) is 10.4. The number of rotatable bonds is 6. The summed E-state index contributed by atoms with van der Waals surface area (Å²) < 4.78 is 87.3. The summed E-state index contributed by atoms with van der Waals surface area (Å²) in [5.74, 6) is -0.487. The summed E-state index contributed by atoms with van der Waals surface area (Å²) in [5, 5.41) is 0. The Balaban J connectivity index is 1.70. The number of nitrogens with one attached hydrogen (secondary N) is 1. The van der Waals surface area contributed by atoms with Crippen LogP contribution in [0.4, 0.5) is 17.6 Å². The summed E-state index contributed by atoms with van der Waals surface area (Å²) in [7, 11) is -3.98. The molecule has 0 radical (unpaired) electrons. The molecule has 5 nitrogen and oxygen atoms in total. The molecule has 1 N–H and O–H groups in total. The van der Waals surface area contributed by atoms with Gasteiger partial charge in [-0.05, 0) is 67.8 Å². The van der Waals surface area contributed by atoms with E-state index in [-0.39, 0.29) is 4.90 Å². The summed E-state index contributed by atoms with van der Waals surface area (Å²) in [6.07, 6.45) is -2.49. The molecule has 1 saturated carbocycles. The minimum Gasteiger partial charge on any atom is -0.489 e. The van der Waals surface area contributed by atoms with Crippen LogP contribution < -0.4 is 14.2 Å². The monoisotopic (exact) mass is 433 g/mol. The van der Waals surface area contributed by atoms with Crippen molar-refractivity contribution in [1.29, 1.82) is 0 Å². The Kier molecular flexibility index (Phi) is 6.33. The predicted octanol–water partition coefficient (Wildman–Crippen LogP) is 4.39. The number of sulfonamides is 1. The van der Waals surface area contributed by atoms with E-state index >= 15 is 0 Å². The number of alkyl halides is 3. The highest BCUT2D eigenvalue weighted by molar-refractivity contribution is 7.89. The van der Waals surface area contributed by atoms with Crippen molar-refractivity contribution >= 4 is 10.0 Å². The number of hydrogen-bond donors (Lipinski definition) is 1. The maximum atomic E-state index is 13.1. The molecule has 0 spiro atoms. The molecule has 158 valence electrons. The number of halogens is 4. The molecule has 0 amide bonds. The van der Waals surface area contributed by atoms with Gasteiger partial charge in [-0.15, -0.1) is 13.2 Å². The molecule has 1 aliphatic rings. The molecule has 2 unspecified atom stereocenters. The average Bonchev–Trinajstić information content (AvgIpc) is 2.64. The maximum absolute atomic E-state index is 13.1. The van der Waals surface area contributed by atoms with Crippen LogP contribution in [-0.2, 0) is 10.0 Å². The Morgan fingerprint density at radius 1 is 0.897 bits per heavy atom. The van der Waals surface area contributed by atoms with E-state index in [4.69, 9.17) is 4.74 Å². The maximum Gasteiger partial charge on any atom is 0.573 e. The summed E-state index contributed by atoms with van der Waals surface area (Å²) in [6.45, 7) is 0. The molecule has 0 saturated heterocycles. The zero-order valence-corrected chi connectivity index (χ0v) is 16.0. The third-order valence-corrected chi connectivity index (χ3v) is 5.98. The van der Waals surface area contributed by atoms with Crippen LogP contribution in [0.1, 0.15) is 25.7 Å². The Morgan fingerprint density at radius 2 is 1.48 bits per heavy atom. The lowest BCUT2D eigenvalue weighted by atomic mass is 9.93. The third kappa shape index (κ3) is 6.07. The second-order valence-electron chi connectivity index (χ2n) is 6.64. The minimum atomic E-state index is -4.86. The molecule has 2 atom stereocenters. The van der Waals surface area contributed by atoms with Gasteiger partial charge < -0.3 is 9.47 Å². The van der Waals surface area contributed by atoms with E-state index in [9.17, 15) is 26.0 Å². The Hall–Kier alpha value is -2.33. The fourth-order valence-corrected chi connectivity index (χ4v) is 4.45. The first-order valence-electron chi connectivity index (χ1n) is 8.93. The molecular formula is C19H19F4NO4S. The topological polar surface area (TPSA) is 64.6 Å². The van der Waals surface area contributed by atoms with Crippen molar-refractivity contribution in [2.75, 3.05) is 0 Å². The predicted molar refractivity (Wildman–Crippen MR) is 96.5 cm³/mol. The van der Waals surface area contributed by atoms with E-state index in [1.165, 1.54) is 24.3 Å². The fourth-order valence-electron chi connectivity index (χ4n) is 3.15. The first kappa shape index (κ1) is 21.4. The highest BCUT2D eigenvalue weighted by Crippen LogP contribution is 2.27. The quantitative estimate of drug-likeness (QED) is 0.687. The smallest absolute Gasteiger partial charge is 0.489 e. The summed E-state index contributed by atoms with van der Waals surface area (Å²) in [4.78, 5) is -0.182. The molecule has 1 fully saturated rings. The first-order chi connectivity index (χ1) is 13.6. The molecule has 10 heteroatoms. The lowest BCUT2D eigenvalue weighted by Gasteiger charge is -2.32. The van der Waals surface area contributed by atoms with Crippen LogP contribution >= 0.6 is 0 Å². The SMILES string of the molecule is O=S(=O)(NC1CCCCC1Oc1ccc(F)cc1)c1ccc(OC(F)(F)F)cc1. The van der Waals surface area contributed by atoms with Crippen LogP contribution in [0.3, 0.4) is 0 Å². The lowest BCUT2D eigenvalue weighted by Crippen LogP contribution is -2.47. The van der Waals surface area contributed by atoms with Crippen molar-refractivity contribution in [2.45, 2.75) is 49.1 Å². The normalized spacial score (nSPS) is 20.3. The van der Waals surface area contributed by atoms with Crippen molar-refractivity contribution < 1.29 is 35.5 Å². The second-order valence-corrected chi connectivity index (χ2v) is 8.36. The molecule has 0 bridgehead atoms. The van der Waals surface area contributed by atoms with Gasteiger partial charge >= 0.3 is 6.36 Å². The van der Waals surface area contributed by atoms with Crippen LogP contribution in [0.15, 0.2) is 53.4 Å². The van der Waals surface area contributed by atoms with E-state index < -0.39 is 40.1 Å². The number of ether oxygens (including phenoxy) is 2. The molecular weight excluding hydrogens is 414 g/mol. The van der Waals surface area contributed by atoms with Crippen LogP contribution in [0.5, 0.6) is 11.5 Å². The molecule has 1 aliphatic carbocycles. The highest BCUT2D eigenvalue weighted by Gasteiger charge is 2.32. The Morgan fingerprint density at radius 3 is 2.10 bits per heavy atom. The molecule has 2 aromatic rings. The van der Waals surface area contributed by atoms with Crippen molar-refractivity contribution in [3.63, 3.8) is 0 Å². The molecule has 0 aromatic heterocycles. The van der Waals surface area contributed by atoms with Crippen LogP contribution in [0, 0.1) is 5.82 Å². The van der Waals surface area contributed by atoms with Crippen LogP contribution in [-0.4, -0.2) is 26.9 Å². The van der Waals surface area contributed by atoms with E-state index in [0.717, 1.165) is 37.1 Å². The Bertz CT molecular complexity index is 915. The molecule has 0 heterocycles. The van der Waals surface area contributed by atoms with E-state index in [1.54, 1.807) is 0 Å². The molecule has 0 aliphatic heterocycles. The zero-order chi connectivity index (χ0) is 21.1. The molecule has 29 heavy (non-hydrogen) atoms. The van der Waals surface area contributed by atoms with Crippen LogP contribution in [0.2, 0.25) is 0 Å².